The average molecular weight is 298 g/mol. The van der Waals surface area contributed by atoms with Gasteiger partial charge in [-0.25, -0.2) is 8.42 Å². The monoisotopic (exact) mass is 298 g/mol. The number of nitrogens with zero attached hydrogens (tertiary/aromatic N) is 1. The third-order valence-electron chi connectivity index (χ3n) is 3.61. The van der Waals surface area contributed by atoms with Crippen LogP contribution in [0.5, 0.6) is 5.75 Å². The molecule has 0 aliphatic carbocycles. The van der Waals surface area contributed by atoms with Gasteiger partial charge in [0, 0.05) is 30.4 Å². The SMILES string of the molecule is COc1cccc(N2CCCS(=O)(=O)CC2)c1[C@H](C)N. The standard InChI is InChI=1S/C14H22N2O3S/c1-11(15)14-12(5-3-6-13(14)19-2)16-7-4-9-20(17,18)10-8-16/h3,5-6,11H,4,7-10,15H2,1-2H3/t11-/m0/s1. The van der Waals surface area contributed by atoms with Crippen LogP contribution in [0.15, 0.2) is 18.2 Å². The molecule has 1 aliphatic rings. The second-order valence-electron chi connectivity index (χ2n) is 5.17. The van der Waals surface area contributed by atoms with Crippen LogP contribution >= 0.6 is 0 Å². The number of methoxy groups -OCH3 is 1. The van der Waals surface area contributed by atoms with Gasteiger partial charge >= 0.3 is 0 Å². The molecule has 0 amide bonds. The van der Waals surface area contributed by atoms with Crippen LogP contribution in [0.25, 0.3) is 0 Å². The van der Waals surface area contributed by atoms with E-state index in [-0.39, 0.29) is 17.5 Å². The molecule has 0 aromatic heterocycles. The Kier molecular flexibility index (Phi) is 4.55. The molecule has 0 radical (unpaired) electrons. The average Bonchev–Trinajstić information content (AvgIpc) is 2.58. The number of sulfone groups is 1. The molecule has 1 fully saturated rings. The third kappa shape index (κ3) is 3.24. The Bertz CT molecular complexity index is 570. The first-order chi connectivity index (χ1) is 9.44. The van der Waals surface area contributed by atoms with E-state index >= 15 is 0 Å². The Morgan fingerprint density at radius 3 is 2.70 bits per heavy atom. The highest BCUT2D eigenvalue weighted by atomic mass is 32.2. The predicted molar refractivity (Wildman–Crippen MR) is 81.1 cm³/mol. The van der Waals surface area contributed by atoms with Gasteiger partial charge in [-0.1, -0.05) is 6.07 Å². The summed E-state index contributed by atoms with van der Waals surface area (Å²) < 4.78 is 28.8. The summed E-state index contributed by atoms with van der Waals surface area (Å²) in [6, 6.07) is 5.62. The van der Waals surface area contributed by atoms with Crippen molar-refractivity contribution < 1.29 is 13.2 Å². The Morgan fingerprint density at radius 2 is 2.05 bits per heavy atom. The fourth-order valence-corrected chi connectivity index (χ4v) is 3.89. The van der Waals surface area contributed by atoms with Gasteiger partial charge in [0.1, 0.15) is 5.75 Å². The van der Waals surface area contributed by atoms with Gasteiger partial charge < -0.3 is 15.4 Å². The summed E-state index contributed by atoms with van der Waals surface area (Å²) in [7, 11) is -1.29. The largest absolute Gasteiger partial charge is 0.496 e. The zero-order valence-electron chi connectivity index (χ0n) is 12.0. The van der Waals surface area contributed by atoms with Crippen molar-refractivity contribution in [1.82, 2.24) is 0 Å². The van der Waals surface area contributed by atoms with E-state index in [0.29, 0.717) is 13.0 Å². The molecule has 1 heterocycles. The number of rotatable bonds is 3. The Hall–Kier alpha value is -1.27. The smallest absolute Gasteiger partial charge is 0.152 e. The van der Waals surface area contributed by atoms with Crippen molar-refractivity contribution in [3.8, 4) is 5.75 Å². The summed E-state index contributed by atoms with van der Waals surface area (Å²) in [5, 5.41) is 0. The van der Waals surface area contributed by atoms with Crippen LogP contribution < -0.4 is 15.4 Å². The molecule has 2 rings (SSSR count). The summed E-state index contributed by atoms with van der Waals surface area (Å²) in [5.41, 5.74) is 7.99. The zero-order chi connectivity index (χ0) is 14.8. The quantitative estimate of drug-likeness (QED) is 0.911. The van der Waals surface area contributed by atoms with E-state index in [1.807, 2.05) is 25.1 Å². The summed E-state index contributed by atoms with van der Waals surface area (Å²) in [6.07, 6.45) is 0.651. The van der Waals surface area contributed by atoms with Gasteiger partial charge in [0.2, 0.25) is 0 Å². The van der Waals surface area contributed by atoms with Crippen molar-refractivity contribution in [2.45, 2.75) is 19.4 Å². The summed E-state index contributed by atoms with van der Waals surface area (Å²) >= 11 is 0. The van der Waals surface area contributed by atoms with Crippen LogP contribution in [0.3, 0.4) is 0 Å². The lowest BCUT2D eigenvalue weighted by Crippen LogP contribution is -2.28. The normalized spacial score (nSPS) is 20.2. The first kappa shape index (κ1) is 15.1. The predicted octanol–water partition coefficient (Wildman–Crippen LogP) is 1.34. The topological polar surface area (TPSA) is 72.6 Å². The molecule has 0 unspecified atom stereocenters. The molecule has 0 spiro atoms. The van der Waals surface area contributed by atoms with Crippen molar-refractivity contribution in [3.05, 3.63) is 23.8 Å². The molecule has 1 aromatic rings. The van der Waals surface area contributed by atoms with Gasteiger partial charge in [-0.2, -0.15) is 0 Å². The van der Waals surface area contributed by atoms with Gasteiger partial charge in [0.15, 0.2) is 9.84 Å². The molecule has 20 heavy (non-hydrogen) atoms. The second kappa shape index (κ2) is 6.01. The van der Waals surface area contributed by atoms with Gasteiger partial charge in [-0.3, -0.25) is 0 Å². The van der Waals surface area contributed by atoms with Gasteiger partial charge in [0.05, 0.1) is 18.6 Å². The maximum Gasteiger partial charge on any atom is 0.152 e. The third-order valence-corrected chi connectivity index (χ3v) is 5.33. The van der Waals surface area contributed by atoms with Crippen molar-refractivity contribution in [2.75, 3.05) is 36.6 Å². The minimum atomic E-state index is -2.91. The number of anilines is 1. The van der Waals surface area contributed by atoms with Crippen LogP contribution in [0, 0.1) is 0 Å². The fraction of sp³-hybridized carbons (Fsp3) is 0.571. The lowest BCUT2D eigenvalue weighted by atomic mass is 10.0. The first-order valence-electron chi connectivity index (χ1n) is 6.82. The Balaban J connectivity index is 2.37. The molecule has 0 saturated carbocycles. The maximum atomic E-state index is 11.7. The number of nitrogens with two attached hydrogens (primary N) is 1. The highest BCUT2D eigenvalue weighted by Gasteiger charge is 2.23. The van der Waals surface area contributed by atoms with E-state index in [2.05, 4.69) is 4.90 Å². The highest BCUT2D eigenvalue weighted by Crippen LogP contribution is 2.34. The molecule has 6 heteroatoms. The van der Waals surface area contributed by atoms with E-state index in [4.69, 9.17) is 10.5 Å². The minimum absolute atomic E-state index is 0.166. The minimum Gasteiger partial charge on any atom is -0.496 e. The maximum absolute atomic E-state index is 11.7. The van der Waals surface area contributed by atoms with E-state index in [1.165, 1.54) is 0 Å². The molecule has 1 aromatic carbocycles. The molecule has 112 valence electrons. The van der Waals surface area contributed by atoms with E-state index < -0.39 is 9.84 Å². The Morgan fingerprint density at radius 1 is 1.30 bits per heavy atom. The number of hydrogen-bond acceptors (Lipinski definition) is 5. The molecule has 1 saturated heterocycles. The van der Waals surface area contributed by atoms with Gasteiger partial charge in [-0.05, 0) is 25.5 Å². The molecule has 1 aliphatic heterocycles. The van der Waals surface area contributed by atoms with Crippen molar-refractivity contribution in [2.24, 2.45) is 5.73 Å². The highest BCUT2D eigenvalue weighted by molar-refractivity contribution is 7.91. The molecule has 0 bridgehead atoms. The number of hydrogen-bond donors (Lipinski definition) is 1. The summed E-state index contributed by atoms with van der Waals surface area (Å²) in [6.45, 7) is 3.15. The molecular formula is C14H22N2O3S. The van der Waals surface area contributed by atoms with E-state index in [1.54, 1.807) is 7.11 Å². The summed E-state index contributed by atoms with van der Waals surface area (Å²) in [5.74, 6) is 1.22. The van der Waals surface area contributed by atoms with Crippen LogP contribution in [0.4, 0.5) is 5.69 Å². The molecular weight excluding hydrogens is 276 g/mol. The van der Waals surface area contributed by atoms with Crippen molar-refractivity contribution in [3.63, 3.8) is 0 Å². The second-order valence-corrected chi connectivity index (χ2v) is 7.48. The van der Waals surface area contributed by atoms with Crippen molar-refractivity contribution in [1.29, 1.82) is 0 Å². The Labute approximate surface area is 120 Å². The van der Waals surface area contributed by atoms with Gasteiger partial charge in [0.25, 0.3) is 0 Å². The lowest BCUT2D eigenvalue weighted by Gasteiger charge is -2.27. The first-order valence-corrected chi connectivity index (χ1v) is 8.64. The lowest BCUT2D eigenvalue weighted by molar-refractivity contribution is 0.407. The van der Waals surface area contributed by atoms with Gasteiger partial charge in [-0.15, -0.1) is 0 Å². The van der Waals surface area contributed by atoms with Crippen LogP contribution in [-0.2, 0) is 9.84 Å². The zero-order valence-corrected chi connectivity index (χ0v) is 12.8. The van der Waals surface area contributed by atoms with E-state index in [9.17, 15) is 8.42 Å². The van der Waals surface area contributed by atoms with Crippen molar-refractivity contribution >= 4 is 15.5 Å². The van der Waals surface area contributed by atoms with Crippen LogP contribution in [-0.4, -0.2) is 40.1 Å². The molecule has 5 nitrogen and oxygen atoms in total. The summed E-state index contributed by atoms with van der Waals surface area (Å²) in [4.78, 5) is 2.10. The molecule has 2 N–H and O–H groups in total. The fourth-order valence-electron chi connectivity index (χ4n) is 2.62. The van der Waals surface area contributed by atoms with Crippen LogP contribution in [0.1, 0.15) is 24.9 Å². The molecule has 1 atom stereocenters. The van der Waals surface area contributed by atoms with E-state index in [0.717, 1.165) is 23.5 Å². The van der Waals surface area contributed by atoms with Crippen LogP contribution in [0.2, 0.25) is 0 Å². The number of benzene rings is 1. The number of ether oxygens (including phenoxy) is 1.